The van der Waals surface area contributed by atoms with E-state index in [9.17, 15) is 4.79 Å². The Bertz CT molecular complexity index is 752. The number of aryl methyl sites for hydroxylation is 2. The highest BCUT2D eigenvalue weighted by Gasteiger charge is 2.26. The van der Waals surface area contributed by atoms with E-state index in [1.165, 1.54) is 30.4 Å². The number of carbonyl (C=O) groups is 1. The van der Waals surface area contributed by atoms with Crippen LogP contribution in [-0.4, -0.2) is 27.2 Å². The van der Waals surface area contributed by atoms with E-state index in [-0.39, 0.29) is 11.8 Å². The van der Waals surface area contributed by atoms with E-state index < -0.39 is 0 Å². The van der Waals surface area contributed by atoms with Crippen molar-refractivity contribution in [1.82, 2.24) is 20.1 Å². The second kappa shape index (κ2) is 7.38. The second-order valence-corrected chi connectivity index (χ2v) is 7.18. The van der Waals surface area contributed by atoms with Crippen LogP contribution in [0, 0.1) is 0 Å². The van der Waals surface area contributed by atoms with Gasteiger partial charge in [-0.3, -0.25) is 4.79 Å². The Morgan fingerprint density at radius 1 is 1.12 bits per heavy atom. The van der Waals surface area contributed by atoms with Crippen molar-refractivity contribution in [2.24, 2.45) is 0 Å². The van der Waals surface area contributed by atoms with Crippen molar-refractivity contribution in [2.45, 2.75) is 63.8 Å². The quantitative estimate of drug-likeness (QED) is 0.932. The number of hydrogen-bond acceptors (Lipinski definition) is 3. The van der Waals surface area contributed by atoms with E-state index in [2.05, 4.69) is 38.3 Å². The van der Waals surface area contributed by atoms with Gasteiger partial charge in [-0.25, -0.2) is 0 Å². The molecule has 1 aliphatic heterocycles. The molecule has 5 nitrogen and oxygen atoms in total. The standard InChI is InChI=1S/C20H26N4O/c25-20(17-10-6-8-15-7-3-4-9-16(15)17)21-13-12-19-23-22-18-11-2-1-5-14-24(18)19/h3-4,7,9,17H,1-2,5-6,8,10-14H2,(H,21,25). The maximum absolute atomic E-state index is 12.7. The minimum Gasteiger partial charge on any atom is -0.355 e. The van der Waals surface area contributed by atoms with Crippen LogP contribution in [0.25, 0.3) is 0 Å². The van der Waals surface area contributed by atoms with Crippen molar-refractivity contribution < 1.29 is 4.79 Å². The van der Waals surface area contributed by atoms with E-state index >= 15 is 0 Å². The third-order valence-corrected chi connectivity index (χ3v) is 5.52. The van der Waals surface area contributed by atoms with Gasteiger partial charge in [0.1, 0.15) is 11.6 Å². The van der Waals surface area contributed by atoms with Crippen molar-refractivity contribution >= 4 is 5.91 Å². The molecule has 5 heteroatoms. The number of rotatable bonds is 4. The largest absolute Gasteiger partial charge is 0.355 e. The monoisotopic (exact) mass is 338 g/mol. The van der Waals surface area contributed by atoms with Gasteiger partial charge in [0.05, 0.1) is 5.92 Å². The van der Waals surface area contributed by atoms with E-state index in [0.29, 0.717) is 6.54 Å². The molecule has 1 aromatic carbocycles. The van der Waals surface area contributed by atoms with Gasteiger partial charge in [0, 0.05) is 25.9 Å². The molecule has 0 spiro atoms. The third kappa shape index (κ3) is 3.46. The fourth-order valence-corrected chi connectivity index (χ4v) is 4.18. The Kier molecular flexibility index (Phi) is 4.81. The normalized spacial score (nSPS) is 19.6. The summed E-state index contributed by atoms with van der Waals surface area (Å²) in [6, 6.07) is 8.36. The highest BCUT2D eigenvalue weighted by atomic mass is 16.1. The lowest BCUT2D eigenvalue weighted by molar-refractivity contribution is -0.122. The SMILES string of the molecule is O=C(NCCc1nnc2n1CCCCC2)C1CCCc2ccccc21. The summed E-state index contributed by atoms with van der Waals surface area (Å²) in [4.78, 5) is 12.7. The number of nitrogens with one attached hydrogen (secondary N) is 1. The van der Waals surface area contributed by atoms with Crippen molar-refractivity contribution in [3.8, 4) is 0 Å². The van der Waals surface area contributed by atoms with Gasteiger partial charge in [-0.05, 0) is 43.2 Å². The van der Waals surface area contributed by atoms with Gasteiger partial charge >= 0.3 is 0 Å². The summed E-state index contributed by atoms with van der Waals surface area (Å²) in [7, 11) is 0. The van der Waals surface area contributed by atoms with E-state index in [1.54, 1.807) is 0 Å². The molecular weight excluding hydrogens is 312 g/mol. The van der Waals surface area contributed by atoms with Crippen LogP contribution in [0.2, 0.25) is 0 Å². The molecular formula is C20H26N4O. The molecule has 0 bridgehead atoms. The lowest BCUT2D eigenvalue weighted by atomic mass is 9.82. The molecule has 0 radical (unpaired) electrons. The van der Waals surface area contributed by atoms with Gasteiger partial charge in [0.2, 0.25) is 5.91 Å². The first-order valence-corrected chi connectivity index (χ1v) is 9.59. The minimum atomic E-state index is 0.000430. The maximum atomic E-state index is 12.7. The molecule has 0 saturated carbocycles. The first kappa shape index (κ1) is 16.3. The highest BCUT2D eigenvalue weighted by Crippen LogP contribution is 2.31. The highest BCUT2D eigenvalue weighted by molar-refractivity contribution is 5.84. The molecule has 0 saturated heterocycles. The van der Waals surface area contributed by atoms with Crippen molar-refractivity contribution in [3.63, 3.8) is 0 Å². The fourth-order valence-electron chi connectivity index (χ4n) is 4.18. The number of hydrogen-bond donors (Lipinski definition) is 1. The van der Waals surface area contributed by atoms with Gasteiger partial charge in [0.25, 0.3) is 0 Å². The van der Waals surface area contributed by atoms with E-state index in [4.69, 9.17) is 0 Å². The number of carbonyl (C=O) groups excluding carboxylic acids is 1. The van der Waals surface area contributed by atoms with Crippen LogP contribution < -0.4 is 5.32 Å². The summed E-state index contributed by atoms with van der Waals surface area (Å²) in [6.45, 7) is 1.65. The topological polar surface area (TPSA) is 59.8 Å². The molecule has 1 aliphatic carbocycles. The van der Waals surface area contributed by atoms with Gasteiger partial charge in [-0.15, -0.1) is 10.2 Å². The average molecular weight is 338 g/mol. The first-order valence-electron chi connectivity index (χ1n) is 9.59. The fraction of sp³-hybridized carbons (Fsp3) is 0.550. The molecule has 1 atom stereocenters. The zero-order chi connectivity index (χ0) is 17.1. The van der Waals surface area contributed by atoms with Crippen LogP contribution in [0.4, 0.5) is 0 Å². The van der Waals surface area contributed by atoms with E-state index in [1.807, 2.05) is 6.07 Å². The summed E-state index contributed by atoms with van der Waals surface area (Å²) in [5.74, 6) is 2.28. The van der Waals surface area contributed by atoms with Crippen LogP contribution in [0.3, 0.4) is 0 Å². The Labute approximate surface area is 148 Å². The summed E-state index contributed by atoms with van der Waals surface area (Å²) in [5.41, 5.74) is 2.54. The van der Waals surface area contributed by atoms with Gasteiger partial charge < -0.3 is 9.88 Å². The smallest absolute Gasteiger partial charge is 0.227 e. The summed E-state index contributed by atoms with van der Waals surface area (Å²) >= 11 is 0. The zero-order valence-corrected chi connectivity index (χ0v) is 14.7. The molecule has 0 fully saturated rings. The summed E-state index contributed by atoms with van der Waals surface area (Å²) < 4.78 is 2.26. The van der Waals surface area contributed by atoms with Gasteiger partial charge in [-0.2, -0.15) is 0 Å². The molecule has 2 aliphatic rings. The van der Waals surface area contributed by atoms with Crippen LogP contribution in [0.1, 0.15) is 60.8 Å². The number of nitrogens with zero attached hydrogens (tertiary/aromatic N) is 3. The Balaban J connectivity index is 1.37. The van der Waals surface area contributed by atoms with Crippen molar-refractivity contribution in [1.29, 1.82) is 0 Å². The van der Waals surface area contributed by atoms with Crippen LogP contribution in [-0.2, 0) is 30.6 Å². The first-order chi connectivity index (χ1) is 12.3. The Hall–Kier alpha value is -2.17. The van der Waals surface area contributed by atoms with Crippen LogP contribution in [0.5, 0.6) is 0 Å². The predicted molar refractivity (Wildman–Crippen MR) is 96.4 cm³/mol. The number of benzene rings is 1. The van der Waals surface area contributed by atoms with Crippen molar-refractivity contribution in [3.05, 3.63) is 47.0 Å². The third-order valence-electron chi connectivity index (χ3n) is 5.52. The maximum Gasteiger partial charge on any atom is 0.227 e. The zero-order valence-electron chi connectivity index (χ0n) is 14.7. The lowest BCUT2D eigenvalue weighted by Crippen LogP contribution is -2.33. The van der Waals surface area contributed by atoms with Gasteiger partial charge in [0.15, 0.2) is 0 Å². The number of fused-ring (bicyclic) bond motifs is 2. The van der Waals surface area contributed by atoms with Crippen LogP contribution >= 0.6 is 0 Å². The predicted octanol–water partition coefficient (Wildman–Crippen LogP) is 2.78. The lowest BCUT2D eigenvalue weighted by Gasteiger charge is -2.24. The molecule has 1 unspecified atom stereocenters. The second-order valence-electron chi connectivity index (χ2n) is 7.18. The summed E-state index contributed by atoms with van der Waals surface area (Å²) in [5, 5.41) is 11.8. The van der Waals surface area contributed by atoms with Crippen LogP contribution in [0.15, 0.2) is 24.3 Å². The molecule has 25 heavy (non-hydrogen) atoms. The number of amides is 1. The van der Waals surface area contributed by atoms with Gasteiger partial charge in [-0.1, -0.05) is 30.7 Å². The van der Waals surface area contributed by atoms with Crippen molar-refractivity contribution in [2.75, 3.05) is 6.54 Å². The molecule has 2 heterocycles. The minimum absolute atomic E-state index is 0.000430. The number of aromatic nitrogens is 3. The molecule has 2 aromatic rings. The van der Waals surface area contributed by atoms with E-state index in [0.717, 1.165) is 50.3 Å². The molecule has 1 aromatic heterocycles. The summed E-state index contributed by atoms with van der Waals surface area (Å²) in [6.07, 6.45) is 8.58. The Morgan fingerprint density at radius 3 is 3.00 bits per heavy atom. The molecule has 4 rings (SSSR count). The molecule has 1 N–H and O–H groups in total. The Morgan fingerprint density at radius 2 is 2.04 bits per heavy atom. The average Bonchev–Trinajstić information content (AvgIpc) is 2.88. The molecule has 132 valence electrons. The molecule has 1 amide bonds.